The van der Waals surface area contributed by atoms with Crippen LogP contribution in [0.1, 0.15) is 18.2 Å². The van der Waals surface area contributed by atoms with E-state index in [1.165, 1.54) is 13.3 Å². The van der Waals surface area contributed by atoms with Gasteiger partial charge in [-0.3, -0.25) is 19.5 Å². The number of nitrogens with one attached hydrogen (secondary N) is 1. The first-order valence-corrected chi connectivity index (χ1v) is 13.2. The summed E-state index contributed by atoms with van der Waals surface area (Å²) in [5.74, 6) is -0.0123. The molecule has 0 aliphatic rings. The summed E-state index contributed by atoms with van der Waals surface area (Å²) in [5, 5.41) is 9.57. The van der Waals surface area contributed by atoms with Crippen molar-refractivity contribution in [1.29, 1.82) is 0 Å². The summed E-state index contributed by atoms with van der Waals surface area (Å²) in [6, 6.07) is 22.9. The number of carbonyl (C=O) groups is 1. The van der Waals surface area contributed by atoms with Crippen LogP contribution in [-0.4, -0.2) is 35.2 Å². The molecule has 0 fully saturated rings. The summed E-state index contributed by atoms with van der Waals surface area (Å²) in [6.07, 6.45) is 1.40. The number of amides is 1. The van der Waals surface area contributed by atoms with E-state index in [9.17, 15) is 9.59 Å². The molecular formula is C31H24N8O3. The zero-order valence-electron chi connectivity index (χ0n) is 22.7. The van der Waals surface area contributed by atoms with Crippen LogP contribution in [0.4, 0.5) is 11.8 Å². The van der Waals surface area contributed by atoms with Gasteiger partial charge in [0.1, 0.15) is 23.4 Å². The summed E-state index contributed by atoms with van der Waals surface area (Å²) in [6.45, 7) is 3.56. The third-order valence-corrected chi connectivity index (χ3v) is 7.16. The fourth-order valence-electron chi connectivity index (χ4n) is 5.34. The monoisotopic (exact) mass is 556 g/mol. The fourth-order valence-corrected chi connectivity index (χ4v) is 5.34. The molecule has 0 bridgehead atoms. The Kier molecular flexibility index (Phi) is 5.79. The Balaban J connectivity index is 1.41. The molecule has 0 saturated carbocycles. The van der Waals surface area contributed by atoms with Crippen LogP contribution in [0.5, 0.6) is 0 Å². The maximum absolute atomic E-state index is 13.9. The molecule has 11 nitrogen and oxygen atoms in total. The molecule has 0 spiro atoms. The van der Waals surface area contributed by atoms with Gasteiger partial charge in [0.2, 0.25) is 5.91 Å². The highest BCUT2D eigenvalue weighted by atomic mass is 16.4. The molecule has 0 atom stereocenters. The Hall–Kier alpha value is -5.84. The van der Waals surface area contributed by atoms with Crippen molar-refractivity contribution >= 4 is 50.6 Å². The average Bonchev–Trinajstić information content (AvgIpc) is 3.54. The molecule has 0 radical (unpaired) electrons. The smallest absolute Gasteiger partial charge is 0.302 e. The van der Waals surface area contributed by atoms with Crippen LogP contribution in [-0.2, 0) is 11.3 Å². The molecule has 11 heteroatoms. The minimum absolute atomic E-state index is 0.108. The highest BCUT2D eigenvalue weighted by Gasteiger charge is 2.21. The van der Waals surface area contributed by atoms with Crippen molar-refractivity contribution in [3.63, 3.8) is 0 Å². The molecule has 7 aromatic rings. The Morgan fingerprint density at radius 2 is 1.83 bits per heavy atom. The van der Waals surface area contributed by atoms with Crippen LogP contribution >= 0.6 is 0 Å². The summed E-state index contributed by atoms with van der Waals surface area (Å²) in [4.78, 5) is 38.5. The van der Waals surface area contributed by atoms with Crippen molar-refractivity contribution < 1.29 is 9.21 Å². The zero-order chi connectivity index (χ0) is 29.0. The van der Waals surface area contributed by atoms with E-state index in [0.717, 1.165) is 22.3 Å². The Morgan fingerprint density at radius 3 is 2.64 bits per heavy atom. The number of nitrogens with zero attached hydrogens (tertiary/aromatic N) is 6. The van der Waals surface area contributed by atoms with Gasteiger partial charge in [-0.15, -0.1) is 0 Å². The van der Waals surface area contributed by atoms with Crippen LogP contribution in [0.15, 0.2) is 88.3 Å². The number of para-hydroxylation sites is 1. The first-order chi connectivity index (χ1) is 20.4. The second-order valence-corrected chi connectivity index (χ2v) is 10.00. The van der Waals surface area contributed by atoms with Gasteiger partial charge in [-0.05, 0) is 48.2 Å². The van der Waals surface area contributed by atoms with Crippen molar-refractivity contribution in [3.8, 4) is 16.9 Å². The summed E-state index contributed by atoms with van der Waals surface area (Å²) in [5.41, 5.74) is 11.5. The first-order valence-electron chi connectivity index (χ1n) is 13.2. The van der Waals surface area contributed by atoms with Gasteiger partial charge < -0.3 is 10.2 Å². The van der Waals surface area contributed by atoms with Crippen molar-refractivity contribution in [3.05, 3.63) is 101 Å². The van der Waals surface area contributed by atoms with Crippen LogP contribution in [0.2, 0.25) is 0 Å². The number of nitrogens with two attached hydrogens (primary N) is 1. The van der Waals surface area contributed by atoms with Gasteiger partial charge in [0, 0.05) is 23.9 Å². The topological polar surface area (TPSA) is 147 Å². The standard InChI is InChI=1S/C31H24N8O3/c1-17-7-6-8-19-13-22(39(30(41)25(17)19)21-9-4-3-5-10-21)15-38-29-26(28(32)33-16-34-29)27(37-38)20-11-12-23-24(14-20)42-31(36-23)35-18(2)40/h3-14,16H,15H2,1-2H3,(H2,32,33,34)(H,35,36,40). The van der Waals surface area contributed by atoms with Crippen LogP contribution in [0.25, 0.3) is 49.9 Å². The Labute approximate surface area is 238 Å². The normalized spacial score (nSPS) is 11.5. The minimum atomic E-state index is -0.283. The number of hydrogen-bond acceptors (Lipinski definition) is 8. The van der Waals surface area contributed by atoms with Gasteiger partial charge in [-0.2, -0.15) is 10.1 Å². The number of pyridine rings is 1. The summed E-state index contributed by atoms with van der Waals surface area (Å²) < 4.78 is 9.18. The maximum Gasteiger partial charge on any atom is 0.302 e. The number of anilines is 2. The number of oxazole rings is 1. The van der Waals surface area contributed by atoms with Crippen molar-refractivity contribution in [2.45, 2.75) is 20.4 Å². The van der Waals surface area contributed by atoms with Gasteiger partial charge in [-0.25, -0.2) is 14.6 Å². The molecule has 7 rings (SSSR count). The number of hydrogen-bond donors (Lipinski definition) is 2. The number of fused-ring (bicyclic) bond motifs is 3. The number of aryl methyl sites for hydroxylation is 1. The molecule has 4 heterocycles. The number of benzene rings is 3. The lowest BCUT2D eigenvalue weighted by Gasteiger charge is -2.16. The van der Waals surface area contributed by atoms with E-state index >= 15 is 0 Å². The molecule has 0 unspecified atom stereocenters. The molecule has 0 aliphatic heterocycles. The quantitative estimate of drug-likeness (QED) is 0.306. The van der Waals surface area contributed by atoms with Gasteiger partial charge in [-0.1, -0.05) is 42.5 Å². The molecule has 4 aromatic heterocycles. The molecule has 42 heavy (non-hydrogen) atoms. The van der Waals surface area contributed by atoms with Crippen molar-refractivity contribution in [2.75, 3.05) is 11.1 Å². The van der Waals surface area contributed by atoms with Gasteiger partial charge in [0.25, 0.3) is 5.56 Å². The van der Waals surface area contributed by atoms with Crippen molar-refractivity contribution in [2.24, 2.45) is 0 Å². The lowest BCUT2D eigenvalue weighted by Crippen LogP contribution is -2.24. The molecule has 0 aliphatic carbocycles. The van der Waals surface area contributed by atoms with Crippen LogP contribution in [0.3, 0.4) is 0 Å². The molecular weight excluding hydrogens is 532 g/mol. The van der Waals surface area contributed by atoms with E-state index in [1.807, 2.05) is 67.6 Å². The summed E-state index contributed by atoms with van der Waals surface area (Å²) >= 11 is 0. The lowest BCUT2D eigenvalue weighted by molar-refractivity contribution is -0.114. The van der Waals surface area contributed by atoms with E-state index in [-0.39, 0.29) is 29.8 Å². The van der Waals surface area contributed by atoms with Crippen LogP contribution < -0.4 is 16.6 Å². The predicted octanol–water partition coefficient (Wildman–Crippen LogP) is 4.84. The second kappa shape index (κ2) is 9.66. The molecule has 206 valence electrons. The number of rotatable bonds is 5. The largest absolute Gasteiger partial charge is 0.423 e. The van der Waals surface area contributed by atoms with Gasteiger partial charge in [0.05, 0.1) is 17.3 Å². The third-order valence-electron chi connectivity index (χ3n) is 7.16. The number of aromatic nitrogens is 6. The second-order valence-electron chi connectivity index (χ2n) is 10.00. The van der Waals surface area contributed by atoms with E-state index in [0.29, 0.717) is 38.8 Å². The highest BCUT2D eigenvalue weighted by Crippen LogP contribution is 2.33. The maximum atomic E-state index is 13.9. The van der Waals surface area contributed by atoms with Crippen LogP contribution in [0, 0.1) is 6.92 Å². The van der Waals surface area contributed by atoms with Crippen molar-refractivity contribution in [1.82, 2.24) is 29.3 Å². The van der Waals surface area contributed by atoms with Gasteiger partial charge >= 0.3 is 6.01 Å². The SMILES string of the molecule is CC(=O)Nc1nc2ccc(-c3nn(Cc4cc5cccc(C)c5c(=O)n4-c4ccccc4)c4ncnc(N)c34)cc2o1. The van der Waals surface area contributed by atoms with E-state index in [4.69, 9.17) is 15.2 Å². The number of nitrogen functional groups attached to an aromatic ring is 1. The molecule has 3 N–H and O–H groups in total. The lowest BCUT2D eigenvalue weighted by atomic mass is 10.1. The predicted molar refractivity (Wildman–Crippen MR) is 160 cm³/mol. The van der Waals surface area contributed by atoms with E-state index in [2.05, 4.69) is 20.3 Å². The fraction of sp³-hybridized carbons (Fsp3) is 0.0968. The zero-order valence-corrected chi connectivity index (χ0v) is 22.7. The van der Waals surface area contributed by atoms with E-state index in [1.54, 1.807) is 21.4 Å². The Bertz CT molecular complexity index is 2230. The molecule has 3 aromatic carbocycles. The van der Waals surface area contributed by atoms with E-state index < -0.39 is 0 Å². The van der Waals surface area contributed by atoms with Gasteiger partial charge in [0.15, 0.2) is 11.2 Å². The molecule has 1 amide bonds. The summed E-state index contributed by atoms with van der Waals surface area (Å²) in [7, 11) is 0. The first kappa shape index (κ1) is 25.1. The highest BCUT2D eigenvalue weighted by molar-refractivity contribution is 5.99. The third kappa shape index (κ3) is 4.15. The number of carbonyl (C=O) groups excluding carboxylic acids is 1. The Morgan fingerprint density at radius 1 is 1.00 bits per heavy atom. The minimum Gasteiger partial charge on any atom is -0.423 e. The average molecular weight is 557 g/mol. The molecule has 0 saturated heterocycles.